The summed E-state index contributed by atoms with van der Waals surface area (Å²) in [6.07, 6.45) is 2.98. The van der Waals surface area contributed by atoms with Crippen LogP contribution in [-0.4, -0.2) is 36.1 Å². The maximum atomic E-state index is 5.50. The van der Waals surface area contributed by atoms with Gasteiger partial charge in [-0.25, -0.2) is 4.98 Å². The van der Waals surface area contributed by atoms with E-state index in [0.29, 0.717) is 6.04 Å². The Labute approximate surface area is 90.7 Å². The molecule has 1 saturated heterocycles. The standard InChI is InChI=1S/C11H19N3O/c1-8-6-12-11(15-8)9(2)13-10-4-5-14(3)7-10/h6,9-10,13H,4-5,7H2,1-3H3. The van der Waals surface area contributed by atoms with Gasteiger partial charge in [0.15, 0.2) is 0 Å². The van der Waals surface area contributed by atoms with Gasteiger partial charge in [0.2, 0.25) is 5.89 Å². The van der Waals surface area contributed by atoms with E-state index in [1.807, 2.05) is 6.92 Å². The second kappa shape index (κ2) is 4.33. The molecule has 84 valence electrons. The fraction of sp³-hybridized carbons (Fsp3) is 0.727. The number of aryl methyl sites for hydroxylation is 1. The molecule has 1 aliphatic rings. The van der Waals surface area contributed by atoms with Crippen molar-refractivity contribution in [3.05, 3.63) is 17.8 Å². The number of hydrogen-bond donors (Lipinski definition) is 1. The number of nitrogens with zero attached hydrogens (tertiary/aromatic N) is 2. The number of nitrogens with one attached hydrogen (secondary N) is 1. The zero-order chi connectivity index (χ0) is 10.8. The Hall–Kier alpha value is -0.870. The predicted molar refractivity (Wildman–Crippen MR) is 58.7 cm³/mol. The molecule has 1 N–H and O–H groups in total. The van der Waals surface area contributed by atoms with Gasteiger partial charge in [0.25, 0.3) is 0 Å². The third-order valence-electron chi connectivity index (χ3n) is 2.89. The minimum Gasteiger partial charge on any atom is -0.444 e. The molecule has 0 aliphatic carbocycles. The van der Waals surface area contributed by atoms with E-state index in [4.69, 9.17) is 4.42 Å². The summed E-state index contributed by atoms with van der Waals surface area (Å²) >= 11 is 0. The lowest BCUT2D eigenvalue weighted by Gasteiger charge is -2.16. The van der Waals surface area contributed by atoms with Crippen LogP contribution in [0.5, 0.6) is 0 Å². The van der Waals surface area contributed by atoms with E-state index in [9.17, 15) is 0 Å². The molecule has 0 amide bonds. The van der Waals surface area contributed by atoms with Crippen LogP contribution >= 0.6 is 0 Å². The van der Waals surface area contributed by atoms with Crippen molar-refractivity contribution in [1.29, 1.82) is 0 Å². The lowest BCUT2D eigenvalue weighted by Crippen LogP contribution is -2.33. The first-order valence-electron chi connectivity index (χ1n) is 5.52. The molecule has 2 heterocycles. The quantitative estimate of drug-likeness (QED) is 0.815. The molecule has 4 nitrogen and oxygen atoms in total. The average molecular weight is 209 g/mol. The third-order valence-corrected chi connectivity index (χ3v) is 2.89. The van der Waals surface area contributed by atoms with E-state index in [2.05, 4.69) is 29.2 Å². The summed E-state index contributed by atoms with van der Waals surface area (Å²) in [6, 6.07) is 0.771. The maximum absolute atomic E-state index is 5.50. The number of likely N-dealkylation sites (N-methyl/N-ethyl adjacent to an activating group) is 1. The Bertz CT molecular complexity index is 323. The fourth-order valence-electron chi connectivity index (χ4n) is 2.07. The van der Waals surface area contributed by atoms with Crippen molar-refractivity contribution in [2.45, 2.75) is 32.4 Å². The van der Waals surface area contributed by atoms with Crippen LogP contribution in [0.2, 0.25) is 0 Å². The van der Waals surface area contributed by atoms with Crippen LogP contribution in [0.25, 0.3) is 0 Å². The van der Waals surface area contributed by atoms with Gasteiger partial charge in [0.1, 0.15) is 5.76 Å². The number of oxazole rings is 1. The monoisotopic (exact) mass is 209 g/mol. The molecule has 0 bridgehead atoms. The average Bonchev–Trinajstić information content (AvgIpc) is 2.75. The van der Waals surface area contributed by atoms with Crippen LogP contribution in [0.3, 0.4) is 0 Å². The lowest BCUT2D eigenvalue weighted by atomic mass is 10.2. The van der Waals surface area contributed by atoms with Gasteiger partial charge >= 0.3 is 0 Å². The molecule has 0 saturated carbocycles. The highest BCUT2D eigenvalue weighted by Gasteiger charge is 2.22. The van der Waals surface area contributed by atoms with Crippen LogP contribution in [0.4, 0.5) is 0 Å². The van der Waals surface area contributed by atoms with Crippen LogP contribution in [0.15, 0.2) is 10.6 Å². The zero-order valence-corrected chi connectivity index (χ0v) is 9.66. The Kier molecular flexibility index (Phi) is 3.07. The normalized spacial score (nSPS) is 24.6. The van der Waals surface area contributed by atoms with E-state index in [1.54, 1.807) is 6.20 Å². The highest BCUT2D eigenvalue weighted by Crippen LogP contribution is 2.15. The number of likely N-dealkylation sites (tertiary alicyclic amines) is 1. The zero-order valence-electron chi connectivity index (χ0n) is 9.66. The Balaban J connectivity index is 1.89. The van der Waals surface area contributed by atoms with E-state index in [-0.39, 0.29) is 6.04 Å². The smallest absolute Gasteiger partial charge is 0.211 e. The maximum Gasteiger partial charge on any atom is 0.211 e. The summed E-state index contributed by atoms with van der Waals surface area (Å²) < 4.78 is 5.50. The first-order valence-corrected chi connectivity index (χ1v) is 5.52. The molecule has 1 aliphatic heterocycles. The topological polar surface area (TPSA) is 41.3 Å². The SMILES string of the molecule is Cc1cnc(C(C)NC2CCN(C)C2)o1. The molecule has 1 aromatic rings. The fourth-order valence-corrected chi connectivity index (χ4v) is 2.07. The molecule has 0 aromatic carbocycles. The van der Waals surface area contributed by atoms with Gasteiger partial charge in [-0.05, 0) is 33.9 Å². The van der Waals surface area contributed by atoms with Crippen molar-refractivity contribution in [1.82, 2.24) is 15.2 Å². The molecule has 0 radical (unpaired) electrons. The number of hydrogen-bond acceptors (Lipinski definition) is 4. The second-order valence-electron chi connectivity index (χ2n) is 4.45. The molecule has 0 spiro atoms. The molecule has 1 fully saturated rings. The van der Waals surface area contributed by atoms with Gasteiger partial charge in [0.05, 0.1) is 12.2 Å². The largest absolute Gasteiger partial charge is 0.444 e. The van der Waals surface area contributed by atoms with Gasteiger partial charge in [-0.3, -0.25) is 0 Å². The van der Waals surface area contributed by atoms with Gasteiger partial charge in [0, 0.05) is 12.6 Å². The molecule has 2 unspecified atom stereocenters. The highest BCUT2D eigenvalue weighted by atomic mass is 16.4. The number of rotatable bonds is 3. The van der Waals surface area contributed by atoms with E-state index < -0.39 is 0 Å². The Morgan fingerprint density at radius 3 is 3.00 bits per heavy atom. The first-order chi connectivity index (χ1) is 7.15. The predicted octanol–water partition coefficient (Wildman–Crippen LogP) is 1.34. The van der Waals surface area contributed by atoms with Gasteiger partial charge < -0.3 is 14.6 Å². The molecular weight excluding hydrogens is 190 g/mol. The van der Waals surface area contributed by atoms with Crippen LogP contribution in [0, 0.1) is 6.92 Å². The lowest BCUT2D eigenvalue weighted by molar-refractivity contribution is 0.354. The Morgan fingerprint density at radius 2 is 2.47 bits per heavy atom. The highest BCUT2D eigenvalue weighted by molar-refractivity contribution is 4.96. The van der Waals surface area contributed by atoms with E-state index in [0.717, 1.165) is 18.2 Å². The minimum absolute atomic E-state index is 0.204. The molecule has 2 atom stereocenters. The van der Waals surface area contributed by atoms with Crippen molar-refractivity contribution in [2.75, 3.05) is 20.1 Å². The molecular formula is C11H19N3O. The molecule has 4 heteroatoms. The Morgan fingerprint density at radius 1 is 1.67 bits per heavy atom. The van der Waals surface area contributed by atoms with Crippen molar-refractivity contribution in [3.8, 4) is 0 Å². The molecule has 1 aromatic heterocycles. The van der Waals surface area contributed by atoms with Gasteiger partial charge in [-0.15, -0.1) is 0 Å². The minimum atomic E-state index is 0.204. The summed E-state index contributed by atoms with van der Waals surface area (Å²) in [7, 11) is 2.15. The van der Waals surface area contributed by atoms with E-state index in [1.165, 1.54) is 13.0 Å². The van der Waals surface area contributed by atoms with Crippen molar-refractivity contribution in [2.24, 2.45) is 0 Å². The summed E-state index contributed by atoms with van der Waals surface area (Å²) in [6.45, 7) is 6.31. The van der Waals surface area contributed by atoms with Crippen molar-refractivity contribution < 1.29 is 4.42 Å². The van der Waals surface area contributed by atoms with Crippen LogP contribution in [0.1, 0.15) is 31.0 Å². The summed E-state index contributed by atoms with van der Waals surface area (Å²) in [4.78, 5) is 6.57. The van der Waals surface area contributed by atoms with Crippen LogP contribution in [-0.2, 0) is 0 Å². The molecule has 15 heavy (non-hydrogen) atoms. The number of aromatic nitrogens is 1. The molecule has 2 rings (SSSR count). The van der Waals surface area contributed by atoms with Gasteiger partial charge in [-0.2, -0.15) is 0 Å². The summed E-state index contributed by atoms with van der Waals surface area (Å²) in [5, 5.41) is 3.54. The van der Waals surface area contributed by atoms with E-state index >= 15 is 0 Å². The van der Waals surface area contributed by atoms with Crippen LogP contribution < -0.4 is 5.32 Å². The summed E-state index contributed by atoms with van der Waals surface area (Å²) in [5.41, 5.74) is 0. The third kappa shape index (κ3) is 2.58. The van der Waals surface area contributed by atoms with Gasteiger partial charge in [-0.1, -0.05) is 0 Å². The first kappa shape index (κ1) is 10.6. The van der Waals surface area contributed by atoms with Crippen molar-refractivity contribution >= 4 is 0 Å². The summed E-state index contributed by atoms with van der Waals surface area (Å²) in [5.74, 6) is 1.67. The van der Waals surface area contributed by atoms with Crippen molar-refractivity contribution in [3.63, 3.8) is 0 Å². The second-order valence-corrected chi connectivity index (χ2v) is 4.45.